The largest absolute Gasteiger partial charge is 0.346 e. The van der Waals surface area contributed by atoms with Gasteiger partial charge < -0.3 is 10.2 Å². The molecule has 4 nitrogen and oxygen atoms in total. The highest BCUT2D eigenvalue weighted by atomic mass is 35.5. The van der Waals surface area contributed by atoms with Crippen LogP contribution in [0.25, 0.3) is 0 Å². The van der Waals surface area contributed by atoms with Crippen molar-refractivity contribution in [3.63, 3.8) is 0 Å². The number of hydrogen-bond donors (Lipinski definition) is 1. The maximum atomic E-state index is 12.0. The van der Waals surface area contributed by atoms with Crippen LogP contribution in [-0.4, -0.2) is 35.6 Å². The van der Waals surface area contributed by atoms with Crippen LogP contribution in [0.1, 0.15) is 12.0 Å². The monoisotopic (exact) mass is 358 g/mol. The average molecular weight is 359 g/mol. The van der Waals surface area contributed by atoms with E-state index in [4.69, 9.17) is 23.2 Å². The highest BCUT2D eigenvalue weighted by Gasteiger charge is 2.29. The molecule has 7 heteroatoms. The molecular formula is C15H16Cl2N2O2S. The summed E-state index contributed by atoms with van der Waals surface area (Å²) in [4.78, 5) is 25.6. The summed E-state index contributed by atoms with van der Waals surface area (Å²) >= 11 is 13.0. The lowest BCUT2D eigenvalue weighted by Gasteiger charge is -2.18. The van der Waals surface area contributed by atoms with E-state index in [-0.39, 0.29) is 23.6 Å². The average Bonchev–Trinajstić information content (AvgIpc) is 2.85. The van der Waals surface area contributed by atoms with Gasteiger partial charge in [0.1, 0.15) is 0 Å². The maximum Gasteiger partial charge on any atom is 0.242 e. The van der Waals surface area contributed by atoms with Crippen molar-refractivity contribution < 1.29 is 9.59 Å². The van der Waals surface area contributed by atoms with Crippen molar-refractivity contribution in [3.05, 3.63) is 45.3 Å². The Kier molecular flexibility index (Phi) is 6.17. The molecule has 1 aromatic rings. The Morgan fingerprint density at radius 3 is 2.59 bits per heavy atom. The van der Waals surface area contributed by atoms with Crippen LogP contribution >= 0.6 is 35.0 Å². The smallest absolute Gasteiger partial charge is 0.242 e. The summed E-state index contributed by atoms with van der Waals surface area (Å²) in [5.74, 6) is -0.370. The molecule has 2 rings (SSSR count). The fraction of sp³-hybridized carbons (Fsp3) is 0.333. The molecule has 0 bridgehead atoms. The molecule has 0 spiro atoms. The van der Waals surface area contributed by atoms with Crippen LogP contribution in [-0.2, 0) is 16.1 Å². The number of carbonyl (C=O) groups excluding carboxylic acids is 2. The van der Waals surface area contributed by atoms with Gasteiger partial charge in [0, 0.05) is 25.0 Å². The molecular weight excluding hydrogens is 343 g/mol. The van der Waals surface area contributed by atoms with Gasteiger partial charge >= 0.3 is 0 Å². The number of hydrogen-bond acceptors (Lipinski definition) is 3. The van der Waals surface area contributed by atoms with Gasteiger partial charge in [-0.1, -0.05) is 65.3 Å². The standard InChI is InChI=1S/C15H16Cl2N2O2S/c1-19(9-10-5-3-2-4-6-10)13(20)8-18-15(21)12-7-11(16)14(17)22-12/h2-6,12H,7-9H2,1H3,(H,18,21). The molecule has 22 heavy (non-hydrogen) atoms. The number of nitrogens with zero attached hydrogens (tertiary/aromatic N) is 1. The molecule has 1 heterocycles. The highest BCUT2D eigenvalue weighted by Crippen LogP contribution is 2.41. The van der Waals surface area contributed by atoms with Gasteiger partial charge in [-0.3, -0.25) is 9.59 Å². The number of nitrogens with one attached hydrogen (secondary N) is 1. The normalized spacial score (nSPS) is 17.5. The summed E-state index contributed by atoms with van der Waals surface area (Å²) in [6, 6.07) is 9.68. The number of rotatable bonds is 5. The second kappa shape index (κ2) is 7.90. The Morgan fingerprint density at radius 1 is 1.32 bits per heavy atom. The van der Waals surface area contributed by atoms with Gasteiger partial charge in [-0.15, -0.1) is 0 Å². The predicted molar refractivity (Wildman–Crippen MR) is 90.7 cm³/mol. The number of thioether (sulfide) groups is 1. The third-order valence-corrected chi connectivity index (χ3v) is 5.38. The zero-order valence-corrected chi connectivity index (χ0v) is 14.3. The van der Waals surface area contributed by atoms with Crippen LogP contribution in [0.15, 0.2) is 39.7 Å². The molecule has 0 aromatic heterocycles. The van der Waals surface area contributed by atoms with E-state index in [1.807, 2.05) is 30.3 Å². The van der Waals surface area contributed by atoms with Gasteiger partial charge in [0.2, 0.25) is 11.8 Å². The molecule has 1 aliphatic heterocycles. The van der Waals surface area contributed by atoms with E-state index in [1.54, 1.807) is 11.9 Å². The zero-order valence-electron chi connectivity index (χ0n) is 12.0. The first-order valence-electron chi connectivity index (χ1n) is 6.73. The van der Waals surface area contributed by atoms with Gasteiger partial charge in [-0.05, 0) is 5.56 Å². The number of allylic oxidation sites excluding steroid dienone is 1. The van der Waals surface area contributed by atoms with Gasteiger partial charge in [-0.25, -0.2) is 0 Å². The van der Waals surface area contributed by atoms with Crippen LogP contribution in [0.4, 0.5) is 0 Å². The second-order valence-corrected chi connectivity index (χ2v) is 7.21. The molecule has 1 N–H and O–H groups in total. The van der Waals surface area contributed by atoms with Crippen LogP contribution in [0.2, 0.25) is 0 Å². The fourth-order valence-electron chi connectivity index (χ4n) is 1.98. The van der Waals surface area contributed by atoms with Crippen molar-refractivity contribution >= 4 is 46.8 Å². The zero-order chi connectivity index (χ0) is 16.1. The van der Waals surface area contributed by atoms with E-state index in [0.29, 0.717) is 22.4 Å². The van der Waals surface area contributed by atoms with Gasteiger partial charge in [0.15, 0.2) is 0 Å². The lowest BCUT2D eigenvalue weighted by molar-refractivity contribution is -0.132. The van der Waals surface area contributed by atoms with Crippen LogP contribution in [0.5, 0.6) is 0 Å². The molecule has 0 fully saturated rings. The van der Waals surface area contributed by atoms with Crippen LogP contribution < -0.4 is 5.32 Å². The summed E-state index contributed by atoms with van der Waals surface area (Å²) in [7, 11) is 1.71. The second-order valence-electron chi connectivity index (χ2n) is 4.94. The van der Waals surface area contributed by atoms with Crippen LogP contribution in [0.3, 0.4) is 0 Å². The van der Waals surface area contributed by atoms with Crippen molar-refractivity contribution in [3.8, 4) is 0 Å². The predicted octanol–water partition coefficient (Wildman–Crippen LogP) is 2.91. The van der Waals surface area contributed by atoms with Crippen molar-refractivity contribution in [2.75, 3.05) is 13.6 Å². The van der Waals surface area contributed by atoms with Gasteiger partial charge in [0.25, 0.3) is 0 Å². The van der Waals surface area contributed by atoms with E-state index in [1.165, 1.54) is 11.8 Å². The summed E-state index contributed by atoms with van der Waals surface area (Å²) < 4.78 is 0.453. The summed E-state index contributed by atoms with van der Waals surface area (Å²) in [6.45, 7) is 0.474. The summed E-state index contributed by atoms with van der Waals surface area (Å²) in [5, 5.41) is 2.78. The first kappa shape index (κ1) is 17.2. The molecule has 118 valence electrons. The molecule has 1 atom stereocenters. The Bertz CT molecular complexity index is 578. The number of benzene rings is 1. The first-order valence-corrected chi connectivity index (χ1v) is 8.37. The van der Waals surface area contributed by atoms with Crippen LogP contribution in [0, 0.1) is 0 Å². The Morgan fingerprint density at radius 2 is 2.00 bits per heavy atom. The molecule has 1 aromatic carbocycles. The molecule has 0 saturated carbocycles. The molecule has 0 saturated heterocycles. The van der Waals surface area contributed by atoms with E-state index >= 15 is 0 Å². The SMILES string of the molecule is CN(Cc1ccccc1)C(=O)CNC(=O)C1CC(Cl)=C(Cl)S1. The lowest BCUT2D eigenvalue weighted by Crippen LogP contribution is -2.40. The molecule has 1 aliphatic rings. The summed E-state index contributed by atoms with van der Waals surface area (Å²) in [6.07, 6.45) is 0.408. The minimum atomic E-state index is -0.354. The Hall–Kier alpha value is -1.17. The number of likely N-dealkylation sites (N-methyl/N-ethyl adjacent to an activating group) is 1. The number of amides is 2. The molecule has 0 aliphatic carbocycles. The topological polar surface area (TPSA) is 49.4 Å². The highest BCUT2D eigenvalue weighted by molar-refractivity contribution is 8.06. The molecule has 0 radical (unpaired) electrons. The minimum Gasteiger partial charge on any atom is -0.346 e. The maximum absolute atomic E-state index is 12.0. The number of halogens is 2. The minimum absolute atomic E-state index is 0.0333. The lowest BCUT2D eigenvalue weighted by atomic mass is 10.2. The third-order valence-electron chi connectivity index (χ3n) is 3.22. The summed E-state index contributed by atoms with van der Waals surface area (Å²) in [5.41, 5.74) is 1.04. The van der Waals surface area contributed by atoms with E-state index < -0.39 is 0 Å². The van der Waals surface area contributed by atoms with E-state index in [9.17, 15) is 9.59 Å². The number of carbonyl (C=O) groups is 2. The van der Waals surface area contributed by atoms with E-state index in [2.05, 4.69) is 5.32 Å². The van der Waals surface area contributed by atoms with Crippen molar-refractivity contribution in [2.45, 2.75) is 18.2 Å². The first-order chi connectivity index (χ1) is 10.5. The Labute approximate surface area is 143 Å². The van der Waals surface area contributed by atoms with E-state index in [0.717, 1.165) is 5.56 Å². The van der Waals surface area contributed by atoms with Crippen molar-refractivity contribution in [1.29, 1.82) is 0 Å². The Balaban J connectivity index is 1.77. The van der Waals surface area contributed by atoms with Crippen molar-refractivity contribution in [1.82, 2.24) is 10.2 Å². The van der Waals surface area contributed by atoms with Gasteiger partial charge in [0.05, 0.1) is 16.2 Å². The molecule has 1 unspecified atom stereocenters. The quantitative estimate of drug-likeness (QED) is 0.880. The van der Waals surface area contributed by atoms with Gasteiger partial charge in [-0.2, -0.15) is 0 Å². The fourth-order valence-corrected chi connectivity index (χ4v) is 3.66. The van der Waals surface area contributed by atoms with Crippen molar-refractivity contribution in [2.24, 2.45) is 0 Å². The third kappa shape index (κ3) is 4.66. The molecule has 2 amide bonds.